The van der Waals surface area contributed by atoms with Crippen LogP contribution in [0.5, 0.6) is 0 Å². The van der Waals surface area contributed by atoms with Crippen molar-refractivity contribution in [3.05, 3.63) is 0 Å². The summed E-state index contributed by atoms with van der Waals surface area (Å²) in [5.41, 5.74) is -0.491. The lowest BCUT2D eigenvalue weighted by molar-refractivity contribution is -0.150. The molecule has 0 amide bonds. The summed E-state index contributed by atoms with van der Waals surface area (Å²) in [6.07, 6.45) is 4.40. The quantitative estimate of drug-likeness (QED) is 0.637. The molecule has 0 saturated heterocycles. The Balaban J connectivity index is 2.78. The minimum atomic E-state index is -0.491. The second-order valence-corrected chi connectivity index (χ2v) is 5.40. The summed E-state index contributed by atoms with van der Waals surface area (Å²) in [6.45, 7) is 6.91. The van der Waals surface area contributed by atoms with Gasteiger partial charge in [-0.2, -0.15) is 0 Å². The Morgan fingerprint density at radius 2 is 2.06 bits per heavy atom. The monoisotopic (exact) mass is 256 g/mol. The van der Waals surface area contributed by atoms with Crippen molar-refractivity contribution in [2.75, 3.05) is 33.8 Å². The zero-order valence-electron chi connectivity index (χ0n) is 12.3. The number of methoxy groups -OCH3 is 1. The summed E-state index contributed by atoms with van der Waals surface area (Å²) in [4.78, 5) is 14.5. The van der Waals surface area contributed by atoms with Crippen LogP contribution < -0.4 is 5.32 Å². The normalized spacial score (nSPS) is 18.7. The average Bonchev–Trinajstić information content (AvgIpc) is 3.18. The smallest absolute Gasteiger partial charge is 0.327 e. The van der Waals surface area contributed by atoms with Crippen molar-refractivity contribution in [2.45, 2.75) is 45.1 Å². The first-order valence-corrected chi connectivity index (χ1v) is 7.12. The summed E-state index contributed by atoms with van der Waals surface area (Å²) in [7, 11) is 3.57. The Hall–Kier alpha value is -0.610. The van der Waals surface area contributed by atoms with Gasteiger partial charge in [0.2, 0.25) is 0 Å². The molecule has 18 heavy (non-hydrogen) atoms. The Labute approximate surface area is 111 Å². The maximum Gasteiger partial charge on any atom is 0.327 e. The van der Waals surface area contributed by atoms with Crippen LogP contribution in [0.2, 0.25) is 0 Å². The third-order valence-electron chi connectivity index (χ3n) is 3.64. The Morgan fingerprint density at radius 1 is 1.39 bits per heavy atom. The molecule has 1 N–H and O–H groups in total. The van der Waals surface area contributed by atoms with E-state index in [0.29, 0.717) is 5.92 Å². The van der Waals surface area contributed by atoms with Gasteiger partial charge in [0.15, 0.2) is 0 Å². The molecule has 4 nitrogen and oxygen atoms in total. The number of hydrogen-bond acceptors (Lipinski definition) is 4. The first-order chi connectivity index (χ1) is 8.60. The maximum absolute atomic E-state index is 12.2. The fourth-order valence-electron chi connectivity index (χ4n) is 2.63. The number of carbonyl (C=O) groups excluding carboxylic acids is 1. The number of ether oxygens (including phenoxy) is 1. The van der Waals surface area contributed by atoms with Crippen molar-refractivity contribution in [3.8, 4) is 0 Å². The molecule has 1 aliphatic carbocycles. The van der Waals surface area contributed by atoms with Gasteiger partial charge in [-0.3, -0.25) is 0 Å². The first kappa shape index (κ1) is 15.4. The van der Waals surface area contributed by atoms with Gasteiger partial charge in [0.1, 0.15) is 5.54 Å². The van der Waals surface area contributed by atoms with E-state index in [9.17, 15) is 4.79 Å². The zero-order valence-corrected chi connectivity index (χ0v) is 12.3. The van der Waals surface area contributed by atoms with Crippen molar-refractivity contribution in [3.63, 3.8) is 0 Å². The molecule has 0 aliphatic heterocycles. The van der Waals surface area contributed by atoms with Gasteiger partial charge in [-0.1, -0.05) is 13.8 Å². The van der Waals surface area contributed by atoms with E-state index < -0.39 is 5.54 Å². The highest BCUT2D eigenvalue weighted by atomic mass is 16.5. The number of nitrogens with zero attached hydrogens (tertiary/aromatic N) is 1. The van der Waals surface area contributed by atoms with Crippen LogP contribution in [-0.2, 0) is 9.53 Å². The van der Waals surface area contributed by atoms with Crippen molar-refractivity contribution in [1.82, 2.24) is 10.2 Å². The standard InChI is InChI=1S/C14H28N2O2/c1-5-9-15-14(12-7-8-12,13(17)18-4)11-16(3)10-6-2/h12,15H,5-11H2,1-4H3. The maximum atomic E-state index is 12.2. The van der Waals surface area contributed by atoms with Gasteiger partial charge in [0.25, 0.3) is 0 Å². The van der Waals surface area contributed by atoms with Crippen molar-refractivity contribution in [2.24, 2.45) is 5.92 Å². The molecule has 106 valence electrons. The molecular weight excluding hydrogens is 228 g/mol. The van der Waals surface area contributed by atoms with Crippen LogP contribution >= 0.6 is 0 Å². The van der Waals surface area contributed by atoms with Crippen LogP contribution in [0, 0.1) is 5.92 Å². The van der Waals surface area contributed by atoms with Crippen molar-refractivity contribution < 1.29 is 9.53 Å². The topological polar surface area (TPSA) is 41.6 Å². The molecule has 0 heterocycles. The fourth-order valence-corrected chi connectivity index (χ4v) is 2.63. The van der Waals surface area contributed by atoms with Gasteiger partial charge in [0, 0.05) is 6.54 Å². The van der Waals surface area contributed by atoms with E-state index in [1.165, 1.54) is 7.11 Å². The molecule has 1 aliphatic rings. The van der Waals surface area contributed by atoms with Crippen LogP contribution in [0.1, 0.15) is 39.5 Å². The Bertz CT molecular complexity index is 267. The Kier molecular flexibility index (Phi) is 6.09. The van der Waals surface area contributed by atoms with Gasteiger partial charge in [-0.05, 0) is 51.7 Å². The van der Waals surface area contributed by atoms with E-state index in [2.05, 4.69) is 31.1 Å². The SMILES string of the molecule is CCCNC(CN(C)CCC)(C(=O)OC)C1CC1. The average molecular weight is 256 g/mol. The van der Waals surface area contributed by atoms with Crippen LogP contribution in [0.3, 0.4) is 0 Å². The summed E-state index contributed by atoms with van der Waals surface area (Å²) in [5, 5.41) is 3.47. The minimum absolute atomic E-state index is 0.0959. The van der Waals surface area contributed by atoms with Crippen LogP contribution in [0.4, 0.5) is 0 Å². The van der Waals surface area contributed by atoms with Gasteiger partial charge >= 0.3 is 5.97 Å². The number of nitrogens with one attached hydrogen (secondary N) is 1. The molecule has 0 aromatic carbocycles. The number of likely N-dealkylation sites (N-methyl/N-ethyl adjacent to an activating group) is 1. The molecule has 0 radical (unpaired) electrons. The lowest BCUT2D eigenvalue weighted by Crippen LogP contribution is -2.61. The second-order valence-electron chi connectivity index (χ2n) is 5.40. The van der Waals surface area contributed by atoms with E-state index in [-0.39, 0.29) is 5.97 Å². The predicted molar refractivity (Wildman–Crippen MR) is 73.6 cm³/mol. The van der Waals surface area contributed by atoms with Crippen LogP contribution in [0.25, 0.3) is 0 Å². The molecule has 0 aromatic heterocycles. The molecular formula is C14H28N2O2. The van der Waals surface area contributed by atoms with Crippen LogP contribution in [-0.4, -0.2) is 50.2 Å². The molecule has 0 spiro atoms. The number of esters is 1. The van der Waals surface area contributed by atoms with E-state index in [0.717, 1.165) is 45.3 Å². The van der Waals surface area contributed by atoms with Crippen molar-refractivity contribution >= 4 is 5.97 Å². The van der Waals surface area contributed by atoms with E-state index in [1.807, 2.05) is 0 Å². The minimum Gasteiger partial charge on any atom is -0.468 e. The molecule has 1 atom stereocenters. The lowest BCUT2D eigenvalue weighted by Gasteiger charge is -2.36. The highest BCUT2D eigenvalue weighted by molar-refractivity contribution is 5.82. The lowest BCUT2D eigenvalue weighted by atomic mass is 9.92. The number of carbonyl (C=O) groups is 1. The summed E-state index contributed by atoms with van der Waals surface area (Å²) in [5.74, 6) is 0.345. The van der Waals surface area contributed by atoms with E-state index in [1.54, 1.807) is 0 Å². The fraction of sp³-hybridized carbons (Fsp3) is 0.929. The van der Waals surface area contributed by atoms with Gasteiger partial charge in [-0.25, -0.2) is 4.79 Å². The number of hydrogen-bond donors (Lipinski definition) is 1. The third-order valence-corrected chi connectivity index (χ3v) is 3.64. The zero-order chi connectivity index (χ0) is 13.6. The largest absolute Gasteiger partial charge is 0.468 e. The second kappa shape index (κ2) is 7.10. The molecule has 1 rings (SSSR count). The molecule has 0 aromatic rings. The molecule has 1 saturated carbocycles. The molecule has 1 fully saturated rings. The van der Waals surface area contributed by atoms with Gasteiger partial charge < -0.3 is 15.0 Å². The van der Waals surface area contributed by atoms with Crippen molar-refractivity contribution in [1.29, 1.82) is 0 Å². The van der Waals surface area contributed by atoms with E-state index in [4.69, 9.17) is 4.74 Å². The summed E-state index contributed by atoms with van der Waals surface area (Å²) >= 11 is 0. The number of rotatable bonds is 9. The summed E-state index contributed by atoms with van der Waals surface area (Å²) in [6, 6.07) is 0. The highest BCUT2D eigenvalue weighted by Crippen LogP contribution is 2.41. The molecule has 0 bridgehead atoms. The van der Waals surface area contributed by atoms with E-state index >= 15 is 0 Å². The van der Waals surface area contributed by atoms with Crippen LogP contribution in [0.15, 0.2) is 0 Å². The molecule has 1 unspecified atom stereocenters. The predicted octanol–water partition coefficient (Wildman–Crippen LogP) is 1.65. The van der Waals surface area contributed by atoms with Gasteiger partial charge in [-0.15, -0.1) is 0 Å². The first-order valence-electron chi connectivity index (χ1n) is 7.12. The Morgan fingerprint density at radius 3 is 2.50 bits per heavy atom. The summed E-state index contributed by atoms with van der Waals surface area (Å²) < 4.78 is 5.07. The van der Waals surface area contributed by atoms with Gasteiger partial charge in [0.05, 0.1) is 7.11 Å². The third kappa shape index (κ3) is 3.69. The highest BCUT2D eigenvalue weighted by Gasteiger charge is 2.51. The molecule has 4 heteroatoms.